The number of nitrogens with zero attached hydrogens (tertiary/aromatic N) is 1. The van der Waals surface area contributed by atoms with E-state index in [0.717, 1.165) is 24.8 Å². The van der Waals surface area contributed by atoms with Gasteiger partial charge in [0.15, 0.2) is 0 Å². The summed E-state index contributed by atoms with van der Waals surface area (Å²) in [6.45, 7) is 0.199. The van der Waals surface area contributed by atoms with E-state index in [-0.39, 0.29) is 6.61 Å². The molecule has 0 amide bonds. The maximum absolute atomic E-state index is 11.7. The van der Waals surface area contributed by atoms with Crippen LogP contribution in [-0.4, -0.2) is 21.3 Å². The number of aliphatic hydroxyl groups is 1. The van der Waals surface area contributed by atoms with Crippen LogP contribution in [0.4, 0.5) is 0 Å². The minimum Gasteiger partial charge on any atom is -0.396 e. The molecule has 0 aliphatic heterocycles. The number of aromatic nitrogens is 2. The van der Waals surface area contributed by atoms with Crippen LogP contribution in [0.25, 0.3) is 5.69 Å². The predicted octanol–water partition coefficient (Wildman–Crippen LogP) is 1.04. The first kappa shape index (κ1) is 14.8. The van der Waals surface area contributed by atoms with Crippen LogP contribution in [-0.2, 0) is 0 Å². The molecule has 108 valence electrons. The average Bonchev–Trinajstić information content (AvgIpc) is 2.48. The van der Waals surface area contributed by atoms with E-state index in [1.807, 2.05) is 12.1 Å². The third-order valence-corrected chi connectivity index (χ3v) is 2.91. The second-order valence-corrected chi connectivity index (χ2v) is 4.51. The van der Waals surface area contributed by atoms with Crippen LogP contribution in [0.2, 0.25) is 0 Å². The zero-order chi connectivity index (χ0) is 15.1. The first-order valence-electron chi connectivity index (χ1n) is 6.73. The molecule has 21 heavy (non-hydrogen) atoms. The summed E-state index contributed by atoms with van der Waals surface area (Å²) in [6.07, 6.45) is 3.84. The lowest BCUT2D eigenvalue weighted by atomic mass is 10.2. The van der Waals surface area contributed by atoms with E-state index in [0.29, 0.717) is 5.69 Å². The molecule has 1 aromatic heterocycles. The molecule has 0 atom stereocenters. The molecule has 1 aromatic carbocycles. The summed E-state index contributed by atoms with van der Waals surface area (Å²) in [6, 6.07) is 8.50. The van der Waals surface area contributed by atoms with Crippen LogP contribution in [0.3, 0.4) is 0 Å². The number of rotatable bonds is 4. The number of unbranched alkanes of at least 4 members (excludes halogenated alkanes) is 2. The first-order chi connectivity index (χ1) is 10.2. The summed E-state index contributed by atoms with van der Waals surface area (Å²) in [5, 5.41) is 8.66. The lowest BCUT2D eigenvalue weighted by Gasteiger charge is -2.03. The normalized spacial score (nSPS) is 9.95. The number of aromatic amines is 1. The quantitative estimate of drug-likeness (QED) is 0.650. The molecule has 2 aromatic rings. The zero-order valence-corrected chi connectivity index (χ0v) is 11.5. The summed E-state index contributed by atoms with van der Waals surface area (Å²) >= 11 is 0. The fourth-order valence-corrected chi connectivity index (χ4v) is 1.82. The van der Waals surface area contributed by atoms with Crippen LogP contribution in [0.5, 0.6) is 0 Å². The molecule has 2 rings (SSSR count). The molecule has 0 spiro atoms. The largest absolute Gasteiger partial charge is 0.396 e. The van der Waals surface area contributed by atoms with Crippen molar-refractivity contribution < 1.29 is 5.11 Å². The van der Waals surface area contributed by atoms with E-state index in [1.165, 1.54) is 16.8 Å². The second kappa shape index (κ2) is 7.27. The van der Waals surface area contributed by atoms with E-state index in [2.05, 4.69) is 16.8 Å². The molecule has 0 aliphatic carbocycles. The van der Waals surface area contributed by atoms with E-state index in [4.69, 9.17) is 5.11 Å². The van der Waals surface area contributed by atoms with Gasteiger partial charge in [0.25, 0.3) is 5.56 Å². The highest BCUT2D eigenvalue weighted by Gasteiger charge is 1.99. The summed E-state index contributed by atoms with van der Waals surface area (Å²) in [5.74, 6) is 6.07. The summed E-state index contributed by atoms with van der Waals surface area (Å²) in [5.41, 5.74) is 0.647. The van der Waals surface area contributed by atoms with Gasteiger partial charge in [-0.2, -0.15) is 0 Å². The number of nitrogens with one attached hydrogen (secondary N) is 1. The Labute approximate surface area is 121 Å². The lowest BCUT2D eigenvalue weighted by molar-refractivity contribution is 0.285. The minimum absolute atomic E-state index is 0.199. The SMILES string of the molecule is O=c1ccn(-c2ccc(C#CCCCCO)cc2)c(=O)[nH]1. The van der Waals surface area contributed by atoms with Gasteiger partial charge in [0.05, 0.1) is 5.69 Å². The molecule has 5 nitrogen and oxygen atoms in total. The topological polar surface area (TPSA) is 75.1 Å². The Morgan fingerprint density at radius 3 is 2.52 bits per heavy atom. The summed E-state index contributed by atoms with van der Waals surface area (Å²) in [7, 11) is 0. The van der Waals surface area contributed by atoms with Gasteiger partial charge in [0, 0.05) is 30.9 Å². The number of H-pyrrole nitrogens is 1. The van der Waals surface area contributed by atoms with Gasteiger partial charge in [-0.1, -0.05) is 11.8 Å². The Balaban J connectivity index is 2.12. The van der Waals surface area contributed by atoms with Crippen molar-refractivity contribution >= 4 is 0 Å². The fourth-order valence-electron chi connectivity index (χ4n) is 1.82. The Kier molecular flexibility index (Phi) is 5.13. The Bertz CT molecular complexity index is 761. The van der Waals surface area contributed by atoms with Crippen LogP contribution in [0.15, 0.2) is 46.1 Å². The Hall–Kier alpha value is -2.58. The molecule has 0 saturated heterocycles. The van der Waals surface area contributed by atoms with E-state index in [9.17, 15) is 9.59 Å². The third-order valence-electron chi connectivity index (χ3n) is 2.91. The molecular formula is C16H16N2O3. The van der Waals surface area contributed by atoms with Crippen molar-refractivity contribution in [1.82, 2.24) is 9.55 Å². The molecular weight excluding hydrogens is 268 g/mol. The van der Waals surface area contributed by atoms with Crippen LogP contribution >= 0.6 is 0 Å². The summed E-state index contributed by atoms with van der Waals surface area (Å²) < 4.78 is 1.36. The highest BCUT2D eigenvalue weighted by atomic mass is 16.3. The van der Waals surface area contributed by atoms with Gasteiger partial charge in [-0.15, -0.1) is 0 Å². The molecule has 0 unspecified atom stereocenters. The molecule has 1 heterocycles. The summed E-state index contributed by atoms with van der Waals surface area (Å²) in [4.78, 5) is 24.9. The van der Waals surface area contributed by atoms with Crippen molar-refractivity contribution in [1.29, 1.82) is 0 Å². The third kappa shape index (κ3) is 4.20. The van der Waals surface area contributed by atoms with Crippen molar-refractivity contribution in [3.8, 4) is 17.5 Å². The van der Waals surface area contributed by atoms with Crippen molar-refractivity contribution in [3.63, 3.8) is 0 Å². The minimum atomic E-state index is -0.467. The van der Waals surface area contributed by atoms with E-state index >= 15 is 0 Å². The van der Waals surface area contributed by atoms with Crippen molar-refractivity contribution in [3.05, 3.63) is 62.9 Å². The second-order valence-electron chi connectivity index (χ2n) is 4.51. The Morgan fingerprint density at radius 1 is 1.10 bits per heavy atom. The van der Waals surface area contributed by atoms with Crippen LogP contribution < -0.4 is 11.2 Å². The van der Waals surface area contributed by atoms with Gasteiger partial charge in [-0.3, -0.25) is 14.3 Å². The lowest BCUT2D eigenvalue weighted by Crippen LogP contribution is -2.27. The smallest absolute Gasteiger partial charge is 0.332 e. The molecule has 2 N–H and O–H groups in total. The number of benzene rings is 1. The van der Waals surface area contributed by atoms with Gasteiger partial charge in [-0.05, 0) is 37.1 Å². The molecule has 5 heteroatoms. The van der Waals surface area contributed by atoms with Crippen molar-refractivity contribution in [2.75, 3.05) is 6.61 Å². The highest BCUT2D eigenvalue weighted by molar-refractivity contribution is 5.41. The maximum Gasteiger partial charge on any atom is 0.332 e. The first-order valence-corrected chi connectivity index (χ1v) is 6.73. The predicted molar refractivity (Wildman–Crippen MR) is 80.5 cm³/mol. The molecule has 0 fully saturated rings. The highest BCUT2D eigenvalue weighted by Crippen LogP contribution is 2.06. The molecule has 0 aliphatic rings. The van der Waals surface area contributed by atoms with Crippen LogP contribution in [0.1, 0.15) is 24.8 Å². The Morgan fingerprint density at radius 2 is 1.86 bits per heavy atom. The zero-order valence-electron chi connectivity index (χ0n) is 11.5. The molecule has 0 bridgehead atoms. The number of hydrogen-bond acceptors (Lipinski definition) is 3. The van der Waals surface area contributed by atoms with Gasteiger partial charge >= 0.3 is 5.69 Å². The number of aliphatic hydroxyl groups excluding tert-OH is 1. The van der Waals surface area contributed by atoms with E-state index in [1.54, 1.807) is 12.1 Å². The van der Waals surface area contributed by atoms with Gasteiger partial charge in [-0.25, -0.2) is 4.79 Å². The van der Waals surface area contributed by atoms with Crippen LogP contribution in [0, 0.1) is 11.8 Å². The van der Waals surface area contributed by atoms with Gasteiger partial charge in [0.1, 0.15) is 0 Å². The molecule has 0 radical (unpaired) electrons. The van der Waals surface area contributed by atoms with Crippen molar-refractivity contribution in [2.45, 2.75) is 19.3 Å². The van der Waals surface area contributed by atoms with Gasteiger partial charge in [0.2, 0.25) is 0 Å². The number of hydrogen-bond donors (Lipinski definition) is 2. The van der Waals surface area contributed by atoms with Crippen molar-refractivity contribution in [2.24, 2.45) is 0 Å². The fraction of sp³-hybridized carbons (Fsp3) is 0.250. The van der Waals surface area contributed by atoms with E-state index < -0.39 is 11.2 Å². The monoisotopic (exact) mass is 284 g/mol. The maximum atomic E-state index is 11.7. The average molecular weight is 284 g/mol. The standard InChI is InChI=1S/C16H16N2O3/c19-12-4-2-1-3-5-13-6-8-14(9-7-13)18-11-10-15(20)17-16(18)21/h6-11,19H,1-2,4,12H2,(H,17,20,21). The molecule has 0 saturated carbocycles. The van der Waals surface area contributed by atoms with Gasteiger partial charge < -0.3 is 5.11 Å².